The average molecular weight is 313 g/mol. The van der Waals surface area contributed by atoms with Gasteiger partial charge in [0.05, 0.1) is 6.04 Å². The van der Waals surface area contributed by atoms with E-state index in [0.29, 0.717) is 0 Å². The summed E-state index contributed by atoms with van der Waals surface area (Å²) in [7, 11) is 0. The fraction of sp³-hybridized carbons (Fsp3) is 0.385. The fourth-order valence-electron chi connectivity index (χ4n) is 1.61. The van der Waals surface area contributed by atoms with Crippen molar-refractivity contribution in [2.75, 3.05) is 0 Å². The zero-order valence-corrected chi connectivity index (χ0v) is 12.2. The predicted octanol–water partition coefficient (Wildman–Crippen LogP) is 2.15. The highest BCUT2D eigenvalue weighted by molar-refractivity contribution is 9.10. The maximum Gasteiger partial charge on any atom is 0.242 e. The fourth-order valence-corrected chi connectivity index (χ4v) is 2.24. The third kappa shape index (κ3) is 4.14. The topological polar surface area (TPSA) is 58.2 Å². The van der Waals surface area contributed by atoms with E-state index in [1.54, 1.807) is 6.92 Å². The summed E-state index contributed by atoms with van der Waals surface area (Å²) in [6, 6.07) is 7.05. The summed E-state index contributed by atoms with van der Waals surface area (Å²) in [5.41, 5.74) is 1.00. The number of benzene rings is 1. The van der Waals surface area contributed by atoms with Crippen molar-refractivity contribution in [3.8, 4) is 0 Å². The summed E-state index contributed by atoms with van der Waals surface area (Å²) in [5.74, 6) is -0.417. The molecule has 1 aromatic rings. The lowest BCUT2D eigenvalue weighted by molar-refractivity contribution is -0.128. The van der Waals surface area contributed by atoms with Crippen LogP contribution in [-0.4, -0.2) is 17.9 Å². The van der Waals surface area contributed by atoms with E-state index in [0.717, 1.165) is 10.0 Å². The highest BCUT2D eigenvalue weighted by Crippen LogP contribution is 2.22. The van der Waals surface area contributed by atoms with Gasteiger partial charge in [0, 0.05) is 11.4 Å². The van der Waals surface area contributed by atoms with E-state index in [2.05, 4.69) is 26.6 Å². The number of carbonyl (C=O) groups is 2. The molecule has 0 fully saturated rings. The minimum Gasteiger partial charge on any atom is -0.348 e. The first-order chi connectivity index (χ1) is 8.41. The summed E-state index contributed by atoms with van der Waals surface area (Å²) in [6.45, 7) is 4.95. The Morgan fingerprint density at radius 3 is 2.33 bits per heavy atom. The Labute approximate surface area is 115 Å². The van der Waals surface area contributed by atoms with Crippen molar-refractivity contribution in [1.29, 1.82) is 0 Å². The van der Waals surface area contributed by atoms with Crippen molar-refractivity contribution >= 4 is 27.7 Å². The van der Waals surface area contributed by atoms with Crippen LogP contribution in [0.4, 0.5) is 0 Å². The van der Waals surface area contributed by atoms with E-state index in [-0.39, 0.29) is 17.9 Å². The molecule has 0 heterocycles. The number of halogens is 1. The van der Waals surface area contributed by atoms with E-state index in [4.69, 9.17) is 0 Å². The SMILES string of the molecule is CC(=O)N[C@H](C)C(=O)N[C@H](C)c1ccccc1Br. The molecule has 1 rings (SSSR count). The standard InChI is InChI=1S/C13H17BrN2O2/c1-8(11-6-4-5-7-12(11)14)16-13(18)9(2)15-10(3)17/h4-9H,1-3H3,(H,15,17)(H,16,18)/t8-,9-/m1/s1. The van der Waals surface area contributed by atoms with Crippen LogP contribution in [-0.2, 0) is 9.59 Å². The van der Waals surface area contributed by atoms with Crippen molar-refractivity contribution in [2.45, 2.75) is 32.9 Å². The first-order valence-electron chi connectivity index (χ1n) is 5.73. The summed E-state index contributed by atoms with van der Waals surface area (Å²) in [5, 5.41) is 5.41. The molecular formula is C13H17BrN2O2. The van der Waals surface area contributed by atoms with E-state index < -0.39 is 6.04 Å². The van der Waals surface area contributed by atoms with Crippen LogP contribution in [0.2, 0.25) is 0 Å². The molecule has 0 aromatic heterocycles. The van der Waals surface area contributed by atoms with E-state index in [1.807, 2.05) is 31.2 Å². The smallest absolute Gasteiger partial charge is 0.242 e. The minimum absolute atomic E-state index is 0.121. The van der Waals surface area contributed by atoms with E-state index in [1.165, 1.54) is 6.92 Å². The van der Waals surface area contributed by atoms with Crippen molar-refractivity contribution < 1.29 is 9.59 Å². The average Bonchev–Trinajstić information content (AvgIpc) is 2.28. The third-order valence-corrected chi connectivity index (χ3v) is 3.27. The molecule has 18 heavy (non-hydrogen) atoms. The van der Waals surface area contributed by atoms with Crippen LogP contribution in [0.25, 0.3) is 0 Å². The van der Waals surface area contributed by atoms with Crippen LogP contribution in [0.5, 0.6) is 0 Å². The first kappa shape index (κ1) is 14.7. The molecule has 2 amide bonds. The lowest BCUT2D eigenvalue weighted by atomic mass is 10.1. The molecule has 0 aliphatic carbocycles. The predicted molar refractivity (Wildman–Crippen MR) is 74.0 cm³/mol. The second-order valence-corrected chi connectivity index (χ2v) is 5.03. The number of nitrogens with one attached hydrogen (secondary N) is 2. The molecule has 0 aliphatic rings. The Balaban J connectivity index is 2.65. The Bertz CT molecular complexity index is 448. The Hall–Kier alpha value is -1.36. The van der Waals surface area contributed by atoms with Gasteiger partial charge < -0.3 is 10.6 Å². The first-order valence-corrected chi connectivity index (χ1v) is 6.53. The molecule has 0 spiro atoms. The molecule has 0 bridgehead atoms. The molecule has 0 saturated carbocycles. The zero-order chi connectivity index (χ0) is 13.7. The highest BCUT2D eigenvalue weighted by Gasteiger charge is 2.17. The van der Waals surface area contributed by atoms with Gasteiger partial charge in [-0.15, -0.1) is 0 Å². The summed E-state index contributed by atoms with van der Waals surface area (Å²) >= 11 is 3.44. The molecule has 0 unspecified atom stereocenters. The van der Waals surface area contributed by atoms with Gasteiger partial charge >= 0.3 is 0 Å². The van der Waals surface area contributed by atoms with Crippen LogP contribution >= 0.6 is 15.9 Å². The number of hydrogen-bond acceptors (Lipinski definition) is 2. The monoisotopic (exact) mass is 312 g/mol. The normalized spacial score (nSPS) is 13.6. The van der Waals surface area contributed by atoms with Crippen LogP contribution in [0, 0.1) is 0 Å². The van der Waals surface area contributed by atoms with Crippen LogP contribution in [0.1, 0.15) is 32.4 Å². The Morgan fingerprint density at radius 2 is 1.78 bits per heavy atom. The van der Waals surface area contributed by atoms with Gasteiger partial charge in [-0.2, -0.15) is 0 Å². The second-order valence-electron chi connectivity index (χ2n) is 4.17. The van der Waals surface area contributed by atoms with Gasteiger partial charge in [0.15, 0.2) is 0 Å². The van der Waals surface area contributed by atoms with Gasteiger partial charge in [-0.1, -0.05) is 34.1 Å². The second kappa shape index (κ2) is 6.54. The Morgan fingerprint density at radius 1 is 1.17 bits per heavy atom. The Kier molecular flexibility index (Phi) is 5.34. The highest BCUT2D eigenvalue weighted by atomic mass is 79.9. The van der Waals surface area contributed by atoms with Crippen molar-refractivity contribution in [2.24, 2.45) is 0 Å². The van der Waals surface area contributed by atoms with Gasteiger partial charge in [-0.05, 0) is 25.5 Å². The molecule has 0 aliphatic heterocycles. The van der Waals surface area contributed by atoms with E-state index in [9.17, 15) is 9.59 Å². The lowest BCUT2D eigenvalue weighted by Gasteiger charge is -2.19. The largest absolute Gasteiger partial charge is 0.348 e. The van der Waals surface area contributed by atoms with Gasteiger partial charge in [0.1, 0.15) is 6.04 Å². The maximum atomic E-state index is 11.8. The van der Waals surface area contributed by atoms with Crippen LogP contribution in [0.15, 0.2) is 28.7 Å². The molecule has 4 nitrogen and oxygen atoms in total. The summed E-state index contributed by atoms with van der Waals surface area (Å²) in [6.07, 6.45) is 0. The number of rotatable bonds is 4. The minimum atomic E-state index is -0.535. The van der Waals surface area contributed by atoms with Gasteiger partial charge in [0.25, 0.3) is 0 Å². The number of hydrogen-bond donors (Lipinski definition) is 2. The summed E-state index contributed by atoms with van der Waals surface area (Å²) in [4.78, 5) is 22.7. The van der Waals surface area contributed by atoms with Gasteiger partial charge in [-0.3, -0.25) is 9.59 Å². The number of amides is 2. The maximum absolute atomic E-state index is 11.8. The van der Waals surface area contributed by atoms with E-state index >= 15 is 0 Å². The zero-order valence-electron chi connectivity index (χ0n) is 10.7. The molecule has 0 radical (unpaired) electrons. The lowest BCUT2D eigenvalue weighted by Crippen LogP contribution is -2.44. The molecule has 2 atom stereocenters. The molecule has 1 aromatic carbocycles. The van der Waals surface area contributed by atoms with Crippen LogP contribution in [0.3, 0.4) is 0 Å². The number of carbonyl (C=O) groups excluding carboxylic acids is 2. The molecule has 98 valence electrons. The summed E-state index contributed by atoms with van der Waals surface area (Å²) < 4.78 is 0.949. The quantitative estimate of drug-likeness (QED) is 0.895. The molecular weight excluding hydrogens is 296 g/mol. The molecule has 0 saturated heterocycles. The molecule has 2 N–H and O–H groups in total. The van der Waals surface area contributed by atoms with Gasteiger partial charge in [-0.25, -0.2) is 0 Å². The van der Waals surface area contributed by atoms with Gasteiger partial charge in [0.2, 0.25) is 11.8 Å². The van der Waals surface area contributed by atoms with Crippen molar-refractivity contribution in [3.63, 3.8) is 0 Å². The van der Waals surface area contributed by atoms with Crippen molar-refractivity contribution in [3.05, 3.63) is 34.3 Å². The van der Waals surface area contributed by atoms with Crippen molar-refractivity contribution in [1.82, 2.24) is 10.6 Å². The van der Waals surface area contributed by atoms with Crippen LogP contribution < -0.4 is 10.6 Å². The molecule has 5 heteroatoms. The third-order valence-electron chi connectivity index (χ3n) is 2.54.